The standard InChI is InChI=1S/C29H36F3N3O5/c1-5-6-13-33-26(39)24-28(3,4)29(31,32)16-35(24)27(40)23(37)21(15-18-9-7-10-19(30)14-18)34-25(38)20-11-8-12-22(36)17(20)2/h7-12,14,21,23-24,36-37H,5-6,13,15-16H2,1-4H3,(H,33,39)(H,34,38)/t21-,23-,24+/m0/s1. The molecule has 2 aromatic carbocycles. The summed E-state index contributed by atoms with van der Waals surface area (Å²) in [6.45, 7) is 4.91. The topological polar surface area (TPSA) is 119 Å². The Morgan fingerprint density at radius 1 is 1.15 bits per heavy atom. The molecule has 0 unspecified atom stereocenters. The Morgan fingerprint density at radius 3 is 2.48 bits per heavy atom. The van der Waals surface area contributed by atoms with E-state index in [1.807, 2.05) is 6.92 Å². The number of hydrogen-bond acceptors (Lipinski definition) is 5. The number of benzene rings is 2. The number of phenols is 1. The second-order valence-corrected chi connectivity index (χ2v) is 10.7. The van der Waals surface area contributed by atoms with Crippen LogP contribution in [0, 0.1) is 18.2 Å². The van der Waals surface area contributed by atoms with Crippen molar-refractivity contribution in [3.05, 3.63) is 65.0 Å². The zero-order valence-corrected chi connectivity index (χ0v) is 23.0. The van der Waals surface area contributed by atoms with Crippen LogP contribution in [0.1, 0.15) is 55.1 Å². The summed E-state index contributed by atoms with van der Waals surface area (Å²) in [6, 6.07) is 6.58. The predicted octanol–water partition coefficient (Wildman–Crippen LogP) is 3.33. The van der Waals surface area contributed by atoms with Gasteiger partial charge in [0.25, 0.3) is 17.7 Å². The molecule has 0 aromatic heterocycles. The van der Waals surface area contributed by atoms with E-state index in [0.717, 1.165) is 12.5 Å². The molecule has 1 saturated heterocycles. The van der Waals surface area contributed by atoms with E-state index >= 15 is 8.78 Å². The maximum atomic E-state index is 15.1. The van der Waals surface area contributed by atoms with Gasteiger partial charge in [0.2, 0.25) is 5.91 Å². The first-order valence-electron chi connectivity index (χ1n) is 13.2. The van der Waals surface area contributed by atoms with Gasteiger partial charge in [0.1, 0.15) is 17.6 Å². The average molecular weight is 564 g/mol. The third kappa shape index (κ3) is 6.41. The minimum atomic E-state index is -3.45. The molecule has 0 saturated carbocycles. The number of halogens is 3. The second-order valence-electron chi connectivity index (χ2n) is 10.7. The van der Waals surface area contributed by atoms with Crippen molar-refractivity contribution in [2.75, 3.05) is 13.1 Å². The van der Waals surface area contributed by atoms with Gasteiger partial charge in [0, 0.05) is 17.7 Å². The van der Waals surface area contributed by atoms with Crippen molar-refractivity contribution in [1.82, 2.24) is 15.5 Å². The van der Waals surface area contributed by atoms with E-state index in [0.29, 0.717) is 16.9 Å². The maximum absolute atomic E-state index is 15.1. The summed E-state index contributed by atoms with van der Waals surface area (Å²) in [5, 5.41) is 26.4. The van der Waals surface area contributed by atoms with E-state index in [4.69, 9.17) is 0 Å². The molecule has 0 radical (unpaired) electrons. The van der Waals surface area contributed by atoms with Gasteiger partial charge in [0.15, 0.2) is 6.10 Å². The van der Waals surface area contributed by atoms with Crippen LogP contribution in [-0.4, -0.2) is 70.0 Å². The monoisotopic (exact) mass is 563 g/mol. The number of unbranched alkanes of at least 4 members (excludes halogenated alkanes) is 1. The van der Waals surface area contributed by atoms with Crippen molar-refractivity contribution in [3.63, 3.8) is 0 Å². The van der Waals surface area contributed by atoms with E-state index in [2.05, 4.69) is 10.6 Å². The number of aliphatic hydroxyl groups is 1. The van der Waals surface area contributed by atoms with Gasteiger partial charge in [-0.1, -0.05) is 45.4 Å². The Morgan fingerprint density at radius 2 is 1.82 bits per heavy atom. The lowest BCUT2D eigenvalue weighted by Crippen LogP contribution is -2.57. The van der Waals surface area contributed by atoms with E-state index in [-0.39, 0.29) is 29.8 Å². The van der Waals surface area contributed by atoms with Crippen LogP contribution in [0.5, 0.6) is 5.75 Å². The largest absolute Gasteiger partial charge is 0.508 e. The highest BCUT2D eigenvalue weighted by Crippen LogP contribution is 2.48. The summed E-state index contributed by atoms with van der Waals surface area (Å²) in [7, 11) is 0. The Labute approximate surface area is 231 Å². The van der Waals surface area contributed by atoms with Crippen LogP contribution in [0.4, 0.5) is 13.2 Å². The number of phenolic OH excluding ortho intramolecular Hbond substituents is 1. The molecule has 0 bridgehead atoms. The molecule has 3 amide bonds. The third-order valence-electron chi connectivity index (χ3n) is 7.51. The number of likely N-dealkylation sites (tertiary alicyclic amines) is 1. The number of hydrogen-bond donors (Lipinski definition) is 4. The summed E-state index contributed by atoms with van der Waals surface area (Å²) in [6.07, 6.45) is -0.913. The molecule has 0 spiro atoms. The van der Waals surface area contributed by atoms with Crippen LogP contribution < -0.4 is 10.6 Å². The molecule has 1 aliphatic heterocycles. The number of carbonyl (C=O) groups is 3. The van der Waals surface area contributed by atoms with Crippen molar-refractivity contribution in [1.29, 1.82) is 0 Å². The van der Waals surface area contributed by atoms with Gasteiger partial charge in [-0.2, -0.15) is 0 Å². The second kappa shape index (κ2) is 12.3. The molecule has 2 aromatic rings. The number of rotatable bonds is 10. The molecule has 1 aliphatic rings. The van der Waals surface area contributed by atoms with Crippen molar-refractivity contribution >= 4 is 17.7 Å². The molecule has 3 atom stereocenters. The van der Waals surface area contributed by atoms with Gasteiger partial charge in [0.05, 0.1) is 18.0 Å². The molecule has 8 nitrogen and oxygen atoms in total. The van der Waals surface area contributed by atoms with Crippen LogP contribution in [0.25, 0.3) is 0 Å². The van der Waals surface area contributed by atoms with Gasteiger partial charge in [-0.3, -0.25) is 14.4 Å². The number of amides is 3. The van der Waals surface area contributed by atoms with Gasteiger partial charge in [-0.25, -0.2) is 13.2 Å². The highest BCUT2D eigenvalue weighted by atomic mass is 19.3. The molecule has 11 heteroatoms. The minimum Gasteiger partial charge on any atom is -0.508 e. The van der Waals surface area contributed by atoms with E-state index in [1.54, 1.807) is 0 Å². The van der Waals surface area contributed by atoms with Crippen LogP contribution in [0.15, 0.2) is 42.5 Å². The fourth-order valence-electron chi connectivity index (χ4n) is 4.88. The lowest BCUT2D eigenvalue weighted by Gasteiger charge is -2.34. The Kier molecular flexibility index (Phi) is 9.50. The molecule has 3 rings (SSSR count). The lowest BCUT2D eigenvalue weighted by atomic mass is 9.81. The van der Waals surface area contributed by atoms with Gasteiger partial charge < -0.3 is 25.7 Å². The average Bonchev–Trinajstić information content (AvgIpc) is 3.08. The Hall–Kier alpha value is -3.60. The molecule has 4 N–H and O–H groups in total. The number of nitrogens with zero attached hydrogens (tertiary/aromatic N) is 1. The fourth-order valence-corrected chi connectivity index (χ4v) is 4.88. The highest BCUT2D eigenvalue weighted by molar-refractivity contribution is 5.97. The fraction of sp³-hybridized carbons (Fsp3) is 0.483. The molecule has 40 heavy (non-hydrogen) atoms. The van der Waals surface area contributed by atoms with Crippen molar-refractivity contribution in [2.45, 2.75) is 71.1 Å². The number of nitrogens with one attached hydrogen (secondary N) is 2. The molecule has 0 aliphatic carbocycles. The van der Waals surface area contributed by atoms with Crippen LogP contribution in [0.2, 0.25) is 0 Å². The SMILES string of the molecule is CCCCNC(=O)[C@H]1N(C(=O)[C@@H](O)[C@H](Cc2cccc(F)c2)NC(=O)c2cccc(O)c2C)CC(F)(F)C1(C)C. The molecule has 1 heterocycles. The number of carbonyl (C=O) groups excluding carboxylic acids is 3. The van der Waals surface area contributed by atoms with Gasteiger partial charge >= 0.3 is 0 Å². The number of alkyl halides is 2. The summed E-state index contributed by atoms with van der Waals surface area (Å²) in [4.78, 5) is 40.4. The summed E-state index contributed by atoms with van der Waals surface area (Å²) in [5.74, 6) is -6.87. The van der Waals surface area contributed by atoms with Crippen molar-refractivity contribution < 1.29 is 37.8 Å². The number of aliphatic hydroxyl groups excluding tert-OH is 1. The maximum Gasteiger partial charge on any atom is 0.272 e. The summed E-state index contributed by atoms with van der Waals surface area (Å²) in [5.41, 5.74) is -1.31. The first-order valence-corrected chi connectivity index (χ1v) is 13.2. The summed E-state index contributed by atoms with van der Waals surface area (Å²) >= 11 is 0. The third-order valence-corrected chi connectivity index (χ3v) is 7.51. The molecule has 218 valence electrons. The first-order chi connectivity index (χ1) is 18.7. The van der Waals surface area contributed by atoms with E-state index in [9.17, 15) is 29.0 Å². The predicted molar refractivity (Wildman–Crippen MR) is 142 cm³/mol. The summed E-state index contributed by atoms with van der Waals surface area (Å²) < 4.78 is 44.1. The highest BCUT2D eigenvalue weighted by Gasteiger charge is 2.64. The van der Waals surface area contributed by atoms with Crippen molar-refractivity contribution in [2.24, 2.45) is 5.41 Å². The zero-order chi connectivity index (χ0) is 29.8. The Bertz CT molecular complexity index is 1250. The molecular formula is C29H36F3N3O5. The molecular weight excluding hydrogens is 527 g/mol. The van der Waals surface area contributed by atoms with Gasteiger partial charge in [-0.05, 0) is 49.6 Å². The van der Waals surface area contributed by atoms with Crippen LogP contribution in [0.3, 0.4) is 0 Å². The smallest absolute Gasteiger partial charge is 0.272 e. The van der Waals surface area contributed by atoms with E-state index in [1.165, 1.54) is 57.2 Å². The normalized spacial score (nSPS) is 19.1. The Balaban J connectivity index is 1.95. The van der Waals surface area contributed by atoms with Crippen LogP contribution in [-0.2, 0) is 16.0 Å². The van der Waals surface area contributed by atoms with Crippen molar-refractivity contribution in [3.8, 4) is 5.75 Å². The van der Waals surface area contributed by atoms with Crippen LogP contribution >= 0.6 is 0 Å². The zero-order valence-electron chi connectivity index (χ0n) is 23.0. The van der Waals surface area contributed by atoms with Gasteiger partial charge in [-0.15, -0.1) is 0 Å². The number of aromatic hydroxyl groups is 1. The van der Waals surface area contributed by atoms with E-state index < -0.39 is 59.6 Å². The first kappa shape index (κ1) is 30.9. The lowest BCUT2D eigenvalue weighted by molar-refractivity contribution is -0.148. The molecule has 1 fully saturated rings. The quantitative estimate of drug-likeness (QED) is 0.331. The minimum absolute atomic E-state index is 0.0610.